The molecular weight excluding hydrogens is 478 g/mol. The maximum Gasteiger partial charge on any atom is 0.321 e. The van der Waals surface area contributed by atoms with Gasteiger partial charge in [0.2, 0.25) is 0 Å². The van der Waals surface area contributed by atoms with Crippen molar-refractivity contribution in [3.8, 4) is 0 Å². The fraction of sp³-hybridized carbons (Fsp3) is 0.190. The molecule has 15 nitrogen and oxygen atoms in total. The highest BCUT2D eigenvalue weighted by molar-refractivity contribution is 6.47. The van der Waals surface area contributed by atoms with Crippen LogP contribution in [0, 0.1) is 27.2 Å². The summed E-state index contributed by atoms with van der Waals surface area (Å²) in [6, 6.07) is 7.33. The summed E-state index contributed by atoms with van der Waals surface area (Å²) < 4.78 is 4.78. The summed E-state index contributed by atoms with van der Waals surface area (Å²) >= 11 is 0. The van der Waals surface area contributed by atoms with Gasteiger partial charge in [-0.1, -0.05) is 6.07 Å². The largest absolute Gasteiger partial charge is 0.468 e. The molecule has 1 aromatic heterocycles. The van der Waals surface area contributed by atoms with Gasteiger partial charge in [0.25, 0.3) is 22.8 Å². The smallest absolute Gasteiger partial charge is 0.321 e. The number of non-ortho nitro benzene ring substituents is 2. The number of amides is 1. The number of carbonyl (C=O) groups is 2. The predicted octanol–water partition coefficient (Wildman–Crippen LogP) is 1.52. The Balaban J connectivity index is 2.14. The van der Waals surface area contributed by atoms with Crippen LogP contribution in [0.3, 0.4) is 0 Å². The molecule has 0 fully saturated rings. The van der Waals surface area contributed by atoms with E-state index >= 15 is 0 Å². The van der Waals surface area contributed by atoms with Crippen molar-refractivity contribution < 1.29 is 24.2 Å². The fourth-order valence-corrected chi connectivity index (χ4v) is 3.28. The Morgan fingerprint density at radius 1 is 1.11 bits per heavy atom. The van der Waals surface area contributed by atoms with Crippen LogP contribution in [-0.4, -0.2) is 51.6 Å². The molecule has 15 heteroatoms. The summed E-state index contributed by atoms with van der Waals surface area (Å²) in [5, 5.41) is 28.6. The first kappa shape index (κ1) is 25.4. The SMILES string of the molecule is CN/N=C(/C(=O)Nc1cc([N+](=O)[O-])ccc1C)[C@H](C(=O)OC)c1nc2cc([N+](=O)[O-])ccc2[nH]c1=O. The van der Waals surface area contributed by atoms with Gasteiger partial charge >= 0.3 is 5.97 Å². The maximum atomic E-state index is 13.2. The third-order valence-corrected chi connectivity index (χ3v) is 5.04. The number of nitro benzene ring substituents is 2. The minimum atomic E-state index is -1.76. The molecule has 0 radical (unpaired) electrons. The summed E-state index contributed by atoms with van der Waals surface area (Å²) in [5.41, 5.74) is 0.525. The normalized spacial score (nSPS) is 12.0. The number of esters is 1. The van der Waals surface area contributed by atoms with Crippen molar-refractivity contribution in [2.75, 3.05) is 19.5 Å². The number of nitrogens with one attached hydrogen (secondary N) is 3. The number of aromatic amines is 1. The fourth-order valence-electron chi connectivity index (χ4n) is 3.28. The van der Waals surface area contributed by atoms with E-state index in [1.807, 2.05) is 0 Å². The lowest BCUT2D eigenvalue weighted by Gasteiger charge is -2.17. The topological polar surface area (TPSA) is 212 Å². The van der Waals surface area contributed by atoms with Gasteiger partial charge in [-0.05, 0) is 18.6 Å². The van der Waals surface area contributed by atoms with Gasteiger partial charge in [-0.25, -0.2) is 4.98 Å². The first-order valence-corrected chi connectivity index (χ1v) is 10.1. The second kappa shape index (κ2) is 10.4. The van der Waals surface area contributed by atoms with E-state index in [1.54, 1.807) is 6.92 Å². The van der Waals surface area contributed by atoms with Crippen molar-refractivity contribution in [1.82, 2.24) is 15.4 Å². The van der Waals surface area contributed by atoms with Crippen LogP contribution in [0.5, 0.6) is 0 Å². The van der Waals surface area contributed by atoms with Crippen LogP contribution in [0.4, 0.5) is 17.1 Å². The number of fused-ring (bicyclic) bond motifs is 1. The first-order valence-electron chi connectivity index (χ1n) is 10.1. The average molecular weight is 497 g/mol. The second-order valence-corrected chi connectivity index (χ2v) is 7.30. The molecule has 1 amide bonds. The molecule has 2 aromatic carbocycles. The molecular formula is C21H19N7O8. The second-order valence-electron chi connectivity index (χ2n) is 7.30. The third-order valence-electron chi connectivity index (χ3n) is 5.04. The number of ether oxygens (including phenoxy) is 1. The zero-order valence-electron chi connectivity index (χ0n) is 19.1. The Morgan fingerprint density at radius 2 is 1.75 bits per heavy atom. The standard InChI is InChI=1S/C21H19N7O8/c1-10-4-5-11(27(32)33)8-14(10)25-20(30)18(26-22-2)16(21(31)36-3)17-19(29)24-13-7-6-12(28(34)35)9-15(13)23-17/h4-9,16,22H,1-3H3,(H,24,29)(H,25,30)/b26-18+/t16-/m1/s1. The molecule has 3 aromatic rings. The number of nitro groups is 2. The third kappa shape index (κ3) is 5.14. The van der Waals surface area contributed by atoms with Crippen LogP contribution < -0.4 is 16.3 Å². The summed E-state index contributed by atoms with van der Waals surface area (Å²) in [6.07, 6.45) is 0. The lowest BCUT2D eigenvalue weighted by atomic mass is 9.98. The number of H-pyrrole nitrogens is 1. The minimum Gasteiger partial charge on any atom is -0.468 e. The van der Waals surface area contributed by atoms with Crippen LogP contribution in [0.25, 0.3) is 11.0 Å². The molecule has 0 saturated carbocycles. The quantitative estimate of drug-likeness (QED) is 0.177. The number of hydrogen-bond acceptors (Lipinski definition) is 11. The number of rotatable bonds is 8. The Morgan fingerprint density at radius 3 is 2.36 bits per heavy atom. The Labute approximate surface area is 201 Å². The number of methoxy groups -OCH3 is 1. The van der Waals surface area contributed by atoms with Gasteiger partial charge in [0.15, 0.2) is 5.92 Å². The highest BCUT2D eigenvalue weighted by atomic mass is 16.6. The van der Waals surface area contributed by atoms with Crippen LogP contribution in [0.2, 0.25) is 0 Å². The van der Waals surface area contributed by atoms with Gasteiger partial charge in [0, 0.05) is 31.3 Å². The van der Waals surface area contributed by atoms with Crippen LogP contribution >= 0.6 is 0 Å². The van der Waals surface area contributed by atoms with Crippen molar-refractivity contribution in [2.45, 2.75) is 12.8 Å². The van der Waals surface area contributed by atoms with Gasteiger partial charge in [0.1, 0.15) is 11.4 Å². The zero-order valence-corrected chi connectivity index (χ0v) is 19.1. The summed E-state index contributed by atoms with van der Waals surface area (Å²) in [5.74, 6) is -3.81. The van der Waals surface area contributed by atoms with Crippen molar-refractivity contribution >= 4 is 45.7 Å². The first-order chi connectivity index (χ1) is 17.1. The van der Waals surface area contributed by atoms with Crippen molar-refractivity contribution in [2.24, 2.45) is 5.10 Å². The van der Waals surface area contributed by atoms with Gasteiger partial charge in [-0.3, -0.25) is 34.6 Å². The van der Waals surface area contributed by atoms with E-state index in [1.165, 1.54) is 31.3 Å². The molecule has 0 aliphatic carbocycles. The van der Waals surface area contributed by atoms with Crippen LogP contribution in [0.15, 0.2) is 46.3 Å². The Bertz CT molecular complexity index is 1480. The highest BCUT2D eigenvalue weighted by Crippen LogP contribution is 2.24. The number of hydrazone groups is 1. The summed E-state index contributed by atoms with van der Waals surface area (Å²) in [7, 11) is 2.36. The Hall–Kier alpha value is -5.21. The van der Waals surface area contributed by atoms with Gasteiger partial charge in [0.05, 0.1) is 33.7 Å². The molecule has 1 heterocycles. The molecule has 0 unspecified atom stereocenters. The molecule has 0 saturated heterocycles. The predicted molar refractivity (Wildman–Crippen MR) is 127 cm³/mol. The van der Waals surface area contributed by atoms with Crippen molar-refractivity contribution in [1.29, 1.82) is 0 Å². The zero-order chi connectivity index (χ0) is 26.6. The van der Waals surface area contributed by atoms with Crippen molar-refractivity contribution in [3.63, 3.8) is 0 Å². The number of carbonyl (C=O) groups excluding carboxylic acids is 2. The molecule has 0 aliphatic heterocycles. The summed E-state index contributed by atoms with van der Waals surface area (Å²) in [6.45, 7) is 1.59. The van der Waals surface area contributed by atoms with E-state index in [9.17, 15) is 34.6 Å². The minimum absolute atomic E-state index is 0.0218. The van der Waals surface area contributed by atoms with Gasteiger partial charge in [-0.15, -0.1) is 0 Å². The molecule has 0 bridgehead atoms. The lowest BCUT2D eigenvalue weighted by molar-refractivity contribution is -0.384. The number of nitrogens with zero attached hydrogens (tertiary/aromatic N) is 4. The van der Waals surface area contributed by atoms with Crippen LogP contribution in [-0.2, 0) is 14.3 Å². The van der Waals surface area contributed by atoms with E-state index in [-0.39, 0.29) is 28.1 Å². The van der Waals surface area contributed by atoms with Crippen molar-refractivity contribution in [3.05, 3.63) is 78.2 Å². The number of hydrogen-bond donors (Lipinski definition) is 3. The van der Waals surface area contributed by atoms with E-state index in [0.717, 1.165) is 19.2 Å². The van der Waals surface area contributed by atoms with E-state index in [2.05, 4.69) is 25.8 Å². The van der Waals surface area contributed by atoms with E-state index < -0.39 is 44.6 Å². The molecule has 3 rings (SSSR count). The number of anilines is 1. The van der Waals surface area contributed by atoms with E-state index in [4.69, 9.17) is 4.74 Å². The van der Waals surface area contributed by atoms with Gasteiger partial charge in [-0.2, -0.15) is 5.10 Å². The molecule has 1 atom stereocenters. The number of aromatic nitrogens is 2. The van der Waals surface area contributed by atoms with E-state index in [0.29, 0.717) is 5.56 Å². The highest BCUT2D eigenvalue weighted by Gasteiger charge is 2.36. The number of benzene rings is 2. The number of aryl methyl sites for hydroxylation is 1. The maximum absolute atomic E-state index is 13.2. The molecule has 0 aliphatic rings. The Kier molecular flexibility index (Phi) is 7.32. The molecule has 186 valence electrons. The average Bonchev–Trinajstić information content (AvgIpc) is 2.84. The monoisotopic (exact) mass is 497 g/mol. The molecule has 0 spiro atoms. The molecule has 36 heavy (non-hydrogen) atoms. The lowest BCUT2D eigenvalue weighted by Crippen LogP contribution is -2.38. The molecule has 3 N–H and O–H groups in total. The van der Waals surface area contributed by atoms with Crippen LogP contribution in [0.1, 0.15) is 17.2 Å². The van der Waals surface area contributed by atoms with Gasteiger partial charge < -0.3 is 20.5 Å². The summed E-state index contributed by atoms with van der Waals surface area (Å²) in [4.78, 5) is 66.3.